The summed E-state index contributed by atoms with van der Waals surface area (Å²) in [4.78, 5) is 38.1. The molecular formula is C20H34N2O6. The number of hydrogen-bond acceptors (Lipinski definition) is 6. The minimum absolute atomic E-state index is 0. The Hall–Kier alpha value is -3.60. The quantitative estimate of drug-likeness (QED) is 0.367. The van der Waals surface area contributed by atoms with Gasteiger partial charge < -0.3 is 10.2 Å². The zero-order chi connectivity index (χ0) is 17.1. The van der Waals surface area contributed by atoms with E-state index < -0.39 is 11.9 Å². The summed E-state index contributed by atoms with van der Waals surface area (Å²) in [6.07, 6.45) is 1.50. The molecule has 0 bridgehead atoms. The highest BCUT2D eigenvalue weighted by atomic mass is 16.4. The van der Waals surface area contributed by atoms with Gasteiger partial charge in [-0.2, -0.15) is 0 Å². The monoisotopic (exact) mass is 398 g/mol. The van der Waals surface area contributed by atoms with Crippen LogP contribution in [-0.2, 0) is 9.59 Å². The van der Waals surface area contributed by atoms with Crippen molar-refractivity contribution in [3.63, 3.8) is 0 Å². The topological polar surface area (TPSA) is 156 Å². The first-order chi connectivity index (χ1) is 10.4. The van der Waals surface area contributed by atoms with Gasteiger partial charge in [-0.05, 0) is 35.0 Å². The standard InChI is InChI=1S/C12H8O4.2CHNO.6CH4/c13-11(14)9-3-1-7-5-10(12(15)16)4-2-8(7)6-9;2*2-1-3;;;;;;/h1-6H,(H,13,14)(H,15,16);2*2H;6*1H4. The van der Waals surface area contributed by atoms with Gasteiger partial charge in [0.2, 0.25) is 12.2 Å². The molecule has 0 aromatic heterocycles. The molecule has 0 unspecified atom stereocenters. The van der Waals surface area contributed by atoms with Crippen molar-refractivity contribution in [3.05, 3.63) is 47.5 Å². The third kappa shape index (κ3) is 14.7. The Balaban J connectivity index is -0.0000000662. The molecule has 28 heavy (non-hydrogen) atoms. The maximum atomic E-state index is 10.7. The average Bonchev–Trinajstić information content (AvgIpc) is 2.47. The van der Waals surface area contributed by atoms with Crippen LogP contribution in [0.4, 0.5) is 0 Å². The van der Waals surface area contributed by atoms with Gasteiger partial charge in [0.1, 0.15) is 0 Å². The van der Waals surface area contributed by atoms with Crippen LogP contribution in [0.15, 0.2) is 36.4 Å². The van der Waals surface area contributed by atoms with Gasteiger partial charge in [-0.25, -0.2) is 30.0 Å². The third-order valence-corrected chi connectivity index (χ3v) is 2.33. The van der Waals surface area contributed by atoms with Crippen LogP contribution >= 0.6 is 0 Å². The summed E-state index contributed by atoms with van der Waals surface area (Å²) in [6, 6.07) is 9.15. The predicted octanol–water partition coefficient (Wildman–Crippen LogP) is 5.85. The number of aromatic carboxylic acids is 2. The molecule has 0 aliphatic heterocycles. The number of isocyanates is 2. The summed E-state index contributed by atoms with van der Waals surface area (Å²) < 4.78 is 0. The molecule has 2 rings (SSSR count). The first-order valence-electron chi connectivity index (χ1n) is 5.49. The number of carbonyl (C=O) groups is 2. The summed E-state index contributed by atoms with van der Waals surface area (Å²) in [5, 5.41) is 29.8. The molecule has 0 aliphatic rings. The summed E-state index contributed by atoms with van der Waals surface area (Å²) in [7, 11) is 0. The molecule has 0 amide bonds. The minimum Gasteiger partial charge on any atom is -0.478 e. The van der Waals surface area contributed by atoms with Gasteiger partial charge in [-0.15, -0.1) is 0 Å². The van der Waals surface area contributed by atoms with Crippen LogP contribution in [0, 0.1) is 10.8 Å². The Kier molecular flexibility index (Phi) is 36.9. The fourth-order valence-electron chi connectivity index (χ4n) is 1.51. The smallest absolute Gasteiger partial charge is 0.335 e. The van der Waals surface area contributed by atoms with E-state index in [1.165, 1.54) is 24.3 Å². The molecule has 0 fully saturated rings. The summed E-state index contributed by atoms with van der Waals surface area (Å²) in [5.74, 6) is -1.99. The van der Waals surface area contributed by atoms with Crippen LogP contribution in [0.25, 0.3) is 10.8 Å². The number of carboxylic acids is 2. The maximum Gasteiger partial charge on any atom is 0.335 e. The fourth-order valence-corrected chi connectivity index (χ4v) is 1.51. The lowest BCUT2D eigenvalue weighted by atomic mass is 10.0. The Morgan fingerprint density at radius 1 is 0.643 bits per heavy atom. The lowest BCUT2D eigenvalue weighted by molar-refractivity contribution is 0.0686. The highest BCUT2D eigenvalue weighted by Crippen LogP contribution is 2.18. The highest BCUT2D eigenvalue weighted by molar-refractivity contribution is 5.97. The Morgan fingerprint density at radius 2 is 0.857 bits per heavy atom. The van der Waals surface area contributed by atoms with Crippen molar-refractivity contribution < 1.29 is 29.4 Å². The van der Waals surface area contributed by atoms with E-state index >= 15 is 0 Å². The minimum atomic E-state index is -0.996. The van der Waals surface area contributed by atoms with Gasteiger partial charge >= 0.3 is 11.9 Å². The number of benzene rings is 2. The Labute approximate surface area is 167 Å². The van der Waals surface area contributed by atoms with Crippen molar-refractivity contribution in [2.24, 2.45) is 0 Å². The lowest BCUT2D eigenvalue weighted by Gasteiger charge is -2.01. The molecule has 0 radical (unpaired) electrons. The van der Waals surface area contributed by atoms with Gasteiger partial charge in [0, 0.05) is 0 Å². The van der Waals surface area contributed by atoms with Crippen LogP contribution in [0.2, 0.25) is 0 Å². The van der Waals surface area contributed by atoms with E-state index in [4.69, 9.17) is 30.6 Å². The number of hydrogen-bond donors (Lipinski definition) is 4. The van der Waals surface area contributed by atoms with Crippen molar-refractivity contribution in [2.75, 3.05) is 0 Å². The van der Waals surface area contributed by atoms with Gasteiger partial charge in [-0.1, -0.05) is 56.7 Å². The number of carboxylic acid groups (broad SMARTS) is 2. The van der Waals surface area contributed by atoms with Crippen LogP contribution < -0.4 is 0 Å². The van der Waals surface area contributed by atoms with Crippen molar-refractivity contribution >= 4 is 34.9 Å². The Bertz CT molecular complexity index is 695. The van der Waals surface area contributed by atoms with Crippen molar-refractivity contribution in [3.8, 4) is 0 Å². The van der Waals surface area contributed by atoms with Gasteiger partial charge in [0.05, 0.1) is 11.1 Å². The normalized spacial score (nSPS) is 6.43. The van der Waals surface area contributed by atoms with Gasteiger partial charge in [0.25, 0.3) is 0 Å². The van der Waals surface area contributed by atoms with E-state index in [1.807, 2.05) is 0 Å². The second kappa shape index (κ2) is 23.4. The van der Waals surface area contributed by atoms with E-state index in [0.29, 0.717) is 10.8 Å². The summed E-state index contributed by atoms with van der Waals surface area (Å²) in [5.41, 5.74) is 0.381. The molecule has 160 valence electrons. The van der Waals surface area contributed by atoms with Crippen molar-refractivity contribution in [1.82, 2.24) is 0 Å². The molecular weight excluding hydrogens is 364 g/mol. The zero-order valence-electron chi connectivity index (χ0n) is 11.0. The number of nitrogens with one attached hydrogen (secondary N) is 2. The molecule has 2 aromatic rings. The molecule has 0 saturated carbocycles. The largest absolute Gasteiger partial charge is 0.478 e. The molecule has 0 atom stereocenters. The van der Waals surface area contributed by atoms with Gasteiger partial charge in [0.15, 0.2) is 0 Å². The lowest BCUT2D eigenvalue weighted by Crippen LogP contribution is -1.97. The van der Waals surface area contributed by atoms with Crippen molar-refractivity contribution in [1.29, 1.82) is 10.8 Å². The first-order valence-corrected chi connectivity index (χ1v) is 5.49. The van der Waals surface area contributed by atoms with E-state index in [0.717, 1.165) is 12.2 Å². The summed E-state index contributed by atoms with van der Waals surface area (Å²) in [6.45, 7) is 0. The first kappa shape index (κ1) is 44.1. The van der Waals surface area contributed by atoms with E-state index in [-0.39, 0.29) is 55.7 Å². The van der Waals surface area contributed by atoms with E-state index in [2.05, 4.69) is 0 Å². The second-order valence-electron chi connectivity index (χ2n) is 3.59. The number of rotatable bonds is 2. The Morgan fingerprint density at radius 3 is 1.04 bits per heavy atom. The molecule has 0 spiro atoms. The van der Waals surface area contributed by atoms with Crippen LogP contribution in [0.1, 0.15) is 65.3 Å². The average molecular weight is 399 g/mol. The molecule has 4 N–H and O–H groups in total. The molecule has 0 aliphatic carbocycles. The molecule has 8 nitrogen and oxygen atoms in total. The summed E-state index contributed by atoms with van der Waals surface area (Å²) >= 11 is 0. The van der Waals surface area contributed by atoms with E-state index in [1.54, 1.807) is 12.1 Å². The van der Waals surface area contributed by atoms with Crippen molar-refractivity contribution in [2.45, 2.75) is 44.6 Å². The molecule has 0 saturated heterocycles. The van der Waals surface area contributed by atoms with E-state index in [9.17, 15) is 9.59 Å². The van der Waals surface area contributed by atoms with Gasteiger partial charge in [-0.3, -0.25) is 0 Å². The SMILES string of the molecule is C.C.C.C.C.C.N=C=O.N=C=O.O=C(O)c1ccc2cc(C(=O)O)ccc2c1. The molecule has 0 heterocycles. The third-order valence-electron chi connectivity index (χ3n) is 2.33. The van der Waals surface area contributed by atoms with Crippen LogP contribution in [-0.4, -0.2) is 34.3 Å². The number of carbonyl (C=O) groups excluding carboxylic acids is 2. The maximum absolute atomic E-state index is 10.7. The second-order valence-corrected chi connectivity index (χ2v) is 3.59. The fraction of sp³-hybridized carbons (Fsp3) is 0.300. The highest BCUT2D eigenvalue weighted by Gasteiger charge is 2.06. The predicted molar refractivity (Wildman–Crippen MR) is 115 cm³/mol. The van der Waals surface area contributed by atoms with Crippen LogP contribution in [0.5, 0.6) is 0 Å². The zero-order valence-corrected chi connectivity index (χ0v) is 11.0. The van der Waals surface area contributed by atoms with Crippen LogP contribution in [0.3, 0.4) is 0 Å². The molecule has 2 aromatic carbocycles. The number of fused-ring (bicyclic) bond motifs is 1. The molecule has 8 heteroatoms.